The van der Waals surface area contributed by atoms with Crippen LogP contribution in [0.2, 0.25) is 0 Å². The summed E-state index contributed by atoms with van der Waals surface area (Å²) in [7, 11) is 1.57. The van der Waals surface area contributed by atoms with Gasteiger partial charge in [-0.2, -0.15) is 0 Å². The number of hydrogen-bond donors (Lipinski definition) is 2. The third kappa shape index (κ3) is 3.76. The summed E-state index contributed by atoms with van der Waals surface area (Å²) in [4.78, 5) is 22.7. The van der Waals surface area contributed by atoms with Crippen LogP contribution >= 0.6 is 0 Å². The highest BCUT2D eigenvalue weighted by Gasteiger charge is 2.11. The van der Waals surface area contributed by atoms with E-state index in [1.54, 1.807) is 32.2 Å². The highest BCUT2D eigenvalue weighted by atomic mass is 16.5. The molecular formula is C13H18N2O3. The van der Waals surface area contributed by atoms with Crippen LogP contribution in [0.15, 0.2) is 18.2 Å². The molecule has 0 fully saturated rings. The number of nitrogen functional groups attached to an aromatic ring is 1. The third-order valence-electron chi connectivity index (χ3n) is 2.66. The topological polar surface area (TPSA) is 81.4 Å². The summed E-state index contributed by atoms with van der Waals surface area (Å²) in [5, 5.41) is 2.51. The molecule has 1 aromatic carbocycles. The van der Waals surface area contributed by atoms with Gasteiger partial charge in [0, 0.05) is 19.2 Å². The van der Waals surface area contributed by atoms with Crippen molar-refractivity contribution >= 4 is 17.6 Å². The van der Waals surface area contributed by atoms with Gasteiger partial charge in [0.25, 0.3) is 0 Å². The molecule has 18 heavy (non-hydrogen) atoms. The molecule has 5 heteroatoms. The minimum absolute atomic E-state index is 0.0637. The molecule has 0 atom stereocenters. The van der Waals surface area contributed by atoms with E-state index in [0.29, 0.717) is 29.7 Å². The maximum absolute atomic E-state index is 11.8. The Morgan fingerprint density at radius 1 is 1.39 bits per heavy atom. The van der Waals surface area contributed by atoms with Crippen LogP contribution < -0.4 is 11.1 Å². The molecule has 0 heterocycles. The lowest BCUT2D eigenvalue weighted by molar-refractivity contribution is -0.120. The quantitative estimate of drug-likeness (QED) is 0.468. The van der Waals surface area contributed by atoms with E-state index in [4.69, 9.17) is 10.5 Å². The molecule has 1 rings (SSSR count). The van der Waals surface area contributed by atoms with Crippen LogP contribution in [0.25, 0.3) is 0 Å². The zero-order valence-corrected chi connectivity index (χ0v) is 10.7. The van der Waals surface area contributed by atoms with Gasteiger partial charge in [0.15, 0.2) is 0 Å². The van der Waals surface area contributed by atoms with Crippen LogP contribution in [-0.2, 0) is 9.53 Å². The Hall–Kier alpha value is -2.04. The molecule has 1 aromatic rings. The smallest absolute Gasteiger partial charge is 0.338 e. The summed E-state index contributed by atoms with van der Waals surface area (Å²) < 4.78 is 5.08. The summed E-state index contributed by atoms with van der Waals surface area (Å²) in [5.41, 5.74) is 7.46. The molecule has 0 saturated heterocycles. The molecule has 0 radical (unpaired) electrons. The minimum Gasteiger partial charge on any atom is -0.462 e. The van der Waals surface area contributed by atoms with Crippen molar-refractivity contribution in [1.29, 1.82) is 0 Å². The Morgan fingerprint density at radius 3 is 2.78 bits per heavy atom. The highest BCUT2D eigenvalue weighted by molar-refractivity contribution is 5.92. The predicted octanol–water partition coefficient (Wildman–Crippen LogP) is 1.26. The maximum Gasteiger partial charge on any atom is 0.338 e. The number of nitrogens with two attached hydrogens (primary N) is 1. The van der Waals surface area contributed by atoms with E-state index in [1.165, 1.54) is 0 Å². The monoisotopic (exact) mass is 250 g/mol. The lowest BCUT2D eigenvalue weighted by atomic mass is 10.1. The number of rotatable bonds is 5. The molecule has 0 spiro atoms. The standard InChI is InChI=1S/C13H18N2O3/c1-9-10(5-3-6-11(9)14)13(17)18-8-4-7-12(16)15-2/h3,5-6H,4,7-8,14H2,1-2H3,(H,15,16). The SMILES string of the molecule is CNC(=O)CCCOC(=O)c1cccc(N)c1C. The van der Waals surface area contributed by atoms with Gasteiger partial charge in [-0.15, -0.1) is 0 Å². The average molecular weight is 250 g/mol. The lowest BCUT2D eigenvalue weighted by Gasteiger charge is -2.08. The van der Waals surface area contributed by atoms with Crippen molar-refractivity contribution in [3.63, 3.8) is 0 Å². The lowest BCUT2D eigenvalue weighted by Crippen LogP contribution is -2.18. The number of amides is 1. The maximum atomic E-state index is 11.8. The van der Waals surface area contributed by atoms with Gasteiger partial charge in [0.2, 0.25) is 5.91 Å². The molecule has 0 unspecified atom stereocenters. The van der Waals surface area contributed by atoms with Crippen molar-refractivity contribution in [2.24, 2.45) is 0 Å². The first kappa shape index (κ1) is 14.0. The van der Waals surface area contributed by atoms with E-state index >= 15 is 0 Å². The summed E-state index contributed by atoms with van der Waals surface area (Å²) in [6, 6.07) is 5.12. The largest absolute Gasteiger partial charge is 0.462 e. The minimum atomic E-state index is -0.406. The van der Waals surface area contributed by atoms with E-state index in [9.17, 15) is 9.59 Å². The molecular weight excluding hydrogens is 232 g/mol. The first-order valence-corrected chi connectivity index (χ1v) is 5.79. The van der Waals surface area contributed by atoms with Gasteiger partial charge in [-0.05, 0) is 31.0 Å². The van der Waals surface area contributed by atoms with Gasteiger partial charge in [0.05, 0.1) is 12.2 Å². The van der Waals surface area contributed by atoms with E-state index in [-0.39, 0.29) is 12.5 Å². The van der Waals surface area contributed by atoms with Crippen molar-refractivity contribution < 1.29 is 14.3 Å². The van der Waals surface area contributed by atoms with Crippen LogP contribution in [0.4, 0.5) is 5.69 Å². The highest BCUT2D eigenvalue weighted by Crippen LogP contribution is 2.16. The fraction of sp³-hybridized carbons (Fsp3) is 0.385. The summed E-state index contributed by atoms with van der Waals surface area (Å²) in [6.45, 7) is 2.00. The van der Waals surface area contributed by atoms with Crippen LogP contribution in [-0.4, -0.2) is 25.5 Å². The first-order valence-electron chi connectivity index (χ1n) is 5.79. The second kappa shape index (κ2) is 6.64. The van der Waals surface area contributed by atoms with E-state index in [2.05, 4.69) is 5.32 Å². The zero-order chi connectivity index (χ0) is 13.5. The fourth-order valence-corrected chi connectivity index (χ4v) is 1.47. The van der Waals surface area contributed by atoms with Gasteiger partial charge >= 0.3 is 5.97 Å². The van der Waals surface area contributed by atoms with Gasteiger partial charge in [0.1, 0.15) is 0 Å². The van der Waals surface area contributed by atoms with Crippen molar-refractivity contribution in [3.8, 4) is 0 Å². The van der Waals surface area contributed by atoms with Gasteiger partial charge in [-0.25, -0.2) is 4.79 Å². The number of anilines is 1. The molecule has 1 amide bonds. The second-order valence-corrected chi connectivity index (χ2v) is 3.93. The van der Waals surface area contributed by atoms with E-state index in [0.717, 1.165) is 0 Å². The molecule has 0 aliphatic heterocycles. The molecule has 98 valence electrons. The molecule has 0 saturated carbocycles. The Kier molecular flexibility index (Phi) is 5.17. The van der Waals surface area contributed by atoms with Gasteiger partial charge < -0.3 is 15.8 Å². The van der Waals surface area contributed by atoms with E-state index < -0.39 is 5.97 Å². The van der Waals surface area contributed by atoms with Crippen molar-refractivity contribution in [3.05, 3.63) is 29.3 Å². The molecule has 0 bridgehead atoms. The van der Waals surface area contributed by atoms with Crippen molar-refractivity contribution in [1.82, 2.24) is 5.32 Å². The molecule has 0 aliphatic carbocycles. The molecule has 0 aliphatic rings. The second-order valence-electron chi connectivity index (χ2n) is 3.93. The third-order valence-corrected chi connectivity index (χ3v) is 2.66. The van der Waals surface area contributed by atoms with Gasteiger partial charge in [-0.3, -0.25) is 4.79 Å². The van der Waals surface area contributed by atoms with Crippen LogP contribution in [0.3, 0.4) is 0 Å². The number of carbonyl (C=O) groups is 2. The summed E-state index contributed by atoms with van der Waals surface area (Å²) in [5.74, 6) is -0.470. The van der Waals surface area contributed by atoms with Crippen molar-refractivity contribution in [2.45, 2.75) is 19.8 Å². The summed E-state index contributed by atoms with van der Waals surface area (Å²) >= 11 is 0. The van der Waals surface area contributed by atoms with Crippen molar-refractivity contribution in [2.75, 3.05) is 19.4 Å². The number of carbonyl (C=O) groups excluding carboxylic acids is 2. The van der Waals surface area contributed by atoms with Crippen LogP contribution in [0, 0.1) is 6.92 Å². The van der Waals surface area contributed by atoms with E-state index in [1.807, 2.05) is 0 Å². The van der Waals surface area contributed by atoms with Crippen LogP contribution in [0.1, 0.15) is 28.8 Å². The first-order chi connectivity index (χ1) is 8.56. The van der Waals surface area contributed by atoms with Gasteiger partial charge in [-0.1, -0.05) is 6.07 Å². The predicted molar refractivity (Wildman–Crippen MR) is 69.2 cm³/mol. The number of ether oxygens (including phenoxy) is 1. The number of nitrogens with one attached hydrogen (secondary N) is 1. The Balaban J connectivity index is 2.46. The Labute approximate surface area is 106 Å². The number of benzene rings is 1. The Bertz CT molecular complexity index is 444. The molecule has 5 nitrogen and oxygen atoms in total. The average Bonchev–Trinajstić information content (AvgIpc) is 2.37. The summed E-state index contributed by atoms with van der Waals surface area (Å²) in [6.07, 6.45) is 0.854. The Morgan fingerprint density at radius 2 is 2.11 bits per heavy atom. The fourth-order valence-electron chi connectivity index (χ4n) is 1.47. The normalized spacial score (nSPS) is 9.89. The number of esters is 1. The number of hydrogen-bond acceptors (Lipinski definition) is 4. The zero-order valence-electron chi connectivity index (χ0n) is 10.7. The molecule has 3 N–H and O–H groups in total. The molecule has 0 aromatic heterocycles. The van der Waals surface area contributed by atoms with Crippen LogP contribution in [0.5, 0.6) is 0 Å².